The van der Waals surface area contributed by atoms with Crippen LogP contribution in [0.15, 0.2) is 18.2 Å². The number of fused-ring (bicyclic) bond motifs is 1. The number of piperidine rings is 1. The summed E-state index contributed by atoms with van der Waals surface area (Å²) in [4.78, 5) is 11.7. The molecular weight excluding hydrogens is 288 g/mol. The van der Waals surface area contributed by atoms with Gasteiger partial charge in [0.25, 0.3) is 0 Å². The van der Waals surface area contributed by atoms with E-state index in [1.165, 1.54) is 11.1 Å². The van der Waals surface area contributed by atoms with Crippen molar-refractivity contribution >= 4 is 5.91 Å². The Kier molecular flexibility index (Phi) is 3.02. The Morgan fingerprint density at radius 3 is 2.74 bits per heavy atom. The number of carbonyl (C=O) groups is 1. The number of hydrogen-bond acceptors (Lipinski definition) is 2. The highest BCUT2D eigenvalue weighted by Crippen LogP contribution is 2.59. The highest BCUT2D eigenvalue weighted by atomic mass is 16.3. The Hall–Kier alpha value is -1.39. The smallest absolute Gasteiger partial charge is 0.248 e. The lowest BCUT2D eigenvalue weighted by Crippen LogP contribution is -2.76. The fourth-order valence-electron chi connectivity index (χ4n) is 5.80. The van der Waals surface area contributed by atoms with Gasteiger partial charge in [0.1, 0.15) is 11.6 Å². The van der Waals surface area contributed by atoms with Crippen LogP contribution >= 0.6 is 0 Å². The zero-order valence-electron chi connectivity index (χ0n) is 14.1. The topological polar surface area (TPSA) is 63.3 Å². The van der Waals surface area contributed by atoms with Crippen molar-refractivity contribution in [3.05, 3.63) is 34.9 Å². The van der Waals surface area contributed by atoms with E-state index in [9.17, 15) is 9.90 Å². The molecule has 1 saturated heterocycles. The molecule has 0 unspecified atom stereocenters. The first-order chi connectivity index (χ1) is 10.8. The number of carbonyl (C=O) groups excluding carboxylic acids is 1. The first kappa shape index (κ1) is 15.2. The Labute approximate surface area is 137 Å². The summed E-state index contributed by atoms with van der Waals surface area (Å²) in [6.07, 6.45) is 6.03. The Morgan fingerprint density at radius 1 is 1.26 bits per heavy atom. The van der Waals surface area contributed by atoms with Crippen LogP contribution in [0.2, 0.25) is 0 Å². The number of rotatable bonds is 1. The number of nitrogens with zero attached hydrogens (tertiary/aromatic N) is 1. The van der Waals surface area contributed by atoms with E-state index in [1.54, 1.807) is 0 Å². The van der Waals surface area contributed by atoms with Crippen LogP contribution in [0.3, 0.4) is 0 Å². The summed E-state index contributed by atoms with van der Waals surface area (Å²) in [7, 11) is 4.51. The highest BCUT2D eigenvalue weighted by Gasteiger charge is 2.67. The summed E-state index contributed by atoms with van der Waals surface area (Å²) in [6.45, 7) is 1.08. The third-order valence-corrected chi connectivity index (χ3v) is 7.07. The van der Waals surface area contributed by atoms with Gasteiger partial charge >= 0.3 is 0 Å². The van der Waals surface area contributed by atoms with Gasteiger partial charge in [0, 0.05) is 23.8 Å². The number of quaternary nitrogens is 1. The molecule has 4 nitrogen and oxygen atoms in total. The van der Waals surface area contributed by atoms with Crippen LogP contribution < -0.4 is 5.73 Å². The zero-order valence-corrected chi connectivity index (χ0v) is 14.1. The molecular formula is C19H27N2O2+. The Balaban J connectivity index is 1.96. The Morgan fingerprint density at radius 2 is 2.00 bits per heavy atom. The quantitative estimate of drug-likeness (QED) is 0.775. The largest absolute Gasteiger partial charge is 0.383 e. The summed E-state index contributed by atoms with van der Waals surface area (Å²) in [5, 5.41) is 11.8. The maximum absolute atomic E-state index is 11.8. The van der Waals surface area contributed by atoms with Gasteiger partial charge in [-0.2, -0.15) is 0 Å². The molecule has 0 radical (unpaired) electrons. The minimum absolute atomic E-state index is 0.192. The molecule has 2 fully saturated rings. The fraction of sp³-hybridized carbons (Fsp3) is 0.632. The molecule has 0 aromatic heterocycles. The second-order valence-electron chi connectivity index (χ2n) is 8.42. The van der Waals surface area contributed by atoms with Crippen molar-refractivity contribution in [1.82, 2.24) is 0 Å². The van der Waals surface area contributed by atoms with Crippen molar-refractivity contribution < 1.29 is 14.4 Å². The molecule has 1 saturated carbocycles. The average Bonchev–Trinajstić information content (AvgIpc) is 2.50. The van der Waals surface area contributed by atoms with Crippen LogP contribution in [-0.2, 0) is 11.8 Å². The van der Waals surface area contributed by atoms with Crippen molar-refractivity contribution in [3.8, 4) is 0 Å². The number of nitrogens with two attached hydrogens (primary N) is 1. The first-order valence-corrected chi connectivity index (χ1v) is 8.78. The molecule has 1 heterocycles. The molecule has 3 N–H and O–H groups in total. The molecule has 1 amide bonds. The second kappa shape index (κ2) is 4.58. The molecule has 1 aromatic rings. The van der Waals surface area contributed by atoms with E-state index in [0.717, 1.165) is 49.6 Å². The van der Waals surface area contributed by atoms with Crippen LogP contribution in [0.25, 0.3) is 0 Å². The van der Waals surface area contributed by atoms with E-state index in [2.05, 4.69) is 20.2 Å². The minimum Gasteiger partial charge on any atom is -0.383 e. The van der Waals surface area contributed by atoms with Crippen molar-refractivity contribution in [2.24, 2.45) is 5.73 Å². The maximum atomic E-state index is 11.8. The van der Waals surface area contributed by atoms with E-state index in [-0.39, 0.29) is 17.4 Å². The van der Waals surface area contributed by atoms with E-state index >= 15 is 0 Å². The summed E-state index contributed by atoms with van der Waals surface area (Å²) >= 11 is 0. The fourth-order valence-corrected chi connectivity index (χ4v) is 5.80. The van der Waals surface area contributed by atoms with Gasteiger partial charge in [-0.25, -0.2) is 0 Å². The summed E-state index contributed by atoms with van der Waals surface area (Å²) < 4.78 is 0.884. The molecule has 2 aliphatic carbocycles. The van der Waals surface area contributed by atoms with Crippen LogP contribution in [-0.4, -0.2) is 47.8 Å². The number of primary amides is 1. The van der Waals surface area contributed by atoms with Crippen molar-refractivity contribution in [2.45, 2.75) is 55.6 Å². The molecule has 4 heteroatoms. The van der Waals surface area contributed by atoms with Gasteiger partial charge < -0.3 is 15.3 Å². The van der Waals surface area contributed by atoms with Gasteiger partial charge in [-0.3, -0.25) is 4.79 Å². The summed E-state index contributed by atoms with van der Waals surface area (Å²) in [5.41, 5.74) is 7.74. The predicted octanol–water partition coefficient (Wildman–Crippen LogP) is 1.73. The number of aliphatic hydroxyl groups is 1. The monoisotopic (exact) mass is 315 g/mol. The van der Waals surface area contributed by atoms with E-state index < -0.39 is 5.60 Å². The van der Waals surface area contributed by atoms with Gasteiger partial charge in [0.2, 0.25) is 5.91 Å². The normalized spacial score (nSPS) is 37.6. The van der Waals surface area contributed by atoms with E-state index in [4.69, 9.17) is 5.73 Å². The van der Waals surface area contributed by atoms with Gasteiger partial charge in [-0.1, -0.05) is 18.9 Å². The second-order valence-corrected chi connectivity index (χ2v) is 8.42. The third kappa shape index (κ3) is 1.82. The van der Waals surface area contributed by atoms with Gasteiger partial charge in [0.05, 0.1) is 20.6 Å². The molecule has 1 aliphatic heterocycles. The lowest BCUT2D eigenvalue weighted by molar-refractivity contribution is -0.931. The van der Waals surface area contributed by atoms with Crippen molar-refractivity contribution in [2.75, 3.05) is 20.6 Å². The summed E-state index contributed by atoms with van der Waals surface area (Å²) in [6, 6.07) is 6.14. The maximum Gasteiger partial charge on any atom is 0.248 e. The van der Waals surface area contributed by atoms with Crippen LogP contribution in [0, 0.1) is 0 Å². The number of hydrogen-bond donors (Lipinski definition) is 2. The van der Waals surface area contributed by atoms with E-state index in [0.29, 0.717) is 5.56 Å². The molecule has 1 aromatic carbocycles. The Bertz CT molecular complexity index is 684. The van der Waals surface area contributed by atoms with Crippen LogP contribution in [0.5, 0.6) is 0 Å². The number of likely N-dealkylation sites (tertiary alicyclic amines) is 1. The molecule has 124 valence electrons. The molecule has 3 aliphatic rings. The predicted molar refractivity (Wildman–Crippen MR) is 89.1 cm³/mol. The third-order valence-electron chi connectivity index (χ3n) is 7.07. The standard InChI is InChI=1S/C19H26N2O2/c1-21(2)10-9-18-7-3-4-8-19(18,23)16(21)12-13-5-6-14(17(20)22)11-15(13)18/h5-6,11,16,23H,3-4,7-10,12H2,1-2H3,(H-,20,22)/p+1/t16-,18+,19-/m1/s1. The number of amides is 1. The number of likely N-dealkylation sites (N-methyl/N-ethyl adjacent to an activating group) is 1. The SMILES string of the molecule is C[N+]1(C)CC[C@]23CCCC[C@@]2(O)[C@H]1Cc1ccc(C(N)=O)cc13. The van der Waals surface area contributed by atoms with Crippen molar-refractivity contribution in [3.63, 3.8) is 0 Å². The molecule has 3 atom stereocenters. The molecule has 4 rings (SSSR count). The highest BCUT2D eigenvalue weighted by molar-refractivity contribution is 5.93. The van der Waals surface area contributed by atoms with Crippen molar-refractivity contribution in [1.29, 1.82) is 0 Å². The number of benzene rings is 1. The minimum atomic E-state index is -0.656. The molecule has 2 bridgehead atoms. The average molecular weight is 315 g/mol. The van der Waals surface area contributed by atoms with Crippen LogP contribution in [0.4, 0.5) is 0 Å². The lowest BCUT2D eigenvalue weighted by Gasteiger charge is -2.64. The molecule has 23 heavy (non-hydrogen) atoms. The van der Waals surface area contributed by atoms with Gasteiger partial charge in [0.15, 0.2) is 0 Å². The summed E-state index contributed by atoms with van der Waals surface area (Å²) in [5.74, 6) is -0.377. The molecule has 0 spiro atoms. The first-order valence-electron chi connectivity index (χ1n) is 8.78. The van der Waals surface area contributed by atoms with E-state index in [1.807, 2.05) is 12.1 Å². The van der Waals surface area contributed by atoms with Crippen LogP contribution in [0.1, 0.15) is 53.6 Å². The zero-order chi connectivity index (χ0) is 16.5. The van der Waals surface area contributed by atoms with Gasteiger partial charge in [-0.15, -0.1) is 0 Å². The van der Waals surface area contributed by atoms with Gasteiger partial charge in [-0.05, 0) is 36.1 Å². The lowest BCUT2D eigenvalue weighted by atomic mass is 9.49.